The van der Waals surface area contributed by atoms with E-state index in [1.165, 1.54) is 11.0 Å². The molecule has 1 aromatic rings. The van der Waals surface area contributed by atoms with Crippen LogP contribution in [-0.4, -0.2) is 80.3 Å². The first-order valence-corrected chi connectivity index (χ1v) is 11.7. The number of hydrogen-bond acceptors (Lipinski definition) is 8. The third-order valence-electron chi connectivity index (χ3n) is 6.12. The summed E-state index contributed by atoms with van der Waals surface area (Å²) in [6, 6.07) is 9.38. The van der Waals surface area contributed by atoms with Crippen molar-refractivity contribution >= 4 is 12.0 Å². The van der Waals surface area contributed by atoms with Crippen molar-refractivity contribution in [3.8, 4) is 0 Å². The third-order valence-corrected chi connectivity index (χ3v) is 6.12. The molecule has 5 atom stereocenters. The highest BCUT2D eigenvalue weighted by molar-refractivity contribution is 5.99. The van der Waals surface area contributed by atoms with Crippen LogP contribution in [-0.2, 0) is 39.6 Å². The van der Waals surface area contributed by atoms with Crippen molar-refractivity contribution in [1.29, 1.82) is 0 Å². The van der Waals surface area contributed by atoms with Crippen LogP contribution in [0.1, 0.15) is 32.3 Å². The standard InChI is InChI=1S/C25H33NO8/c1-25(2)33-21-14-19(32-20(23(21)34-25)11-12-30-16-29-3)9-10-22(27)26-18(15-31-24(26)28)13-17-7-5-4-6-8-17/h4-10,18-21,23H,11-16H2,1-3H3/b10-9+/t18-,19+,20+,21-,23+/m0/s1. The van der Waals surface area contributed by atoms with E-state index in [-0.39, 0.29) is 43.9 Å². The molecule has 9 heteroatoms. The zero-order valence-electron chi connectivity index (χ0n) is 19.9. The number of nitrogens with zero attached hydrogens (tertiary/aromatic N) is 1. The predicted octanol–water partition coefficient (Wildman–Crippen LogP) is 2.82. The van der Waals surface area contributed by atoms with Gasteiger partial charge in [0.25, 0.3) is 5.91 Å². The van der Waals surface area contributed by atoms with Crippen molar-refractivity contribution in [1.82, 2.24) is 4.90 Å². The van der Waals surface area contributed by atoms with Crippen molar-refractivity contribution in [2.24, 2.45) is 0 Å². The first-order valence-electron chi connectivity index (χ1n) is 11.7. The van der Waals surface area contributed by atoms with Gasteiger partial charge in [0, 0.05) is 19.6 Å². The molecule has 0 N–H and O–H groups in total. The first-order chi connectivity index (χ1) is 16.4. The second-order valence-corrected chi connectivity index (χ2v) is 9.18. The second kappa shape index (κ2) is 11.0. The van der Waals surface area contributed by atoms with Crippen molar-refractivity contribution in [2.45, 2.75) is 69.4 Å². The van der Waals surface area contributed by atoms with Crippen LogP contribution in [0.5, 0.6) is 0 Å². The van der Waals surface area contributed by atoms with Gasteiger partial charge in [-0.2, -0.15) is 0 Å². The SMILES string of the molecule is COCOCC[C@H]1O[C@H](/C=C/C(=O)N2C(=O)OC[C@@H]2Cc2ccccc2)C[C@@H]2OC(C)(C)O[C@@H]21. The molecule has 0 aliphatic carbocycles. The van der Waals surface area contributed by atoms with E-state index in [1.807, 2.05) is 44.2 Å². The Kier molecular flexibility index (Phi) is 8.00. The number of methoxy groups -OCH3 is 1. The van der Waals surface area contributed by atoms with Crippen LogP contribution >= 0.6 is 0 Å². The van der Waals surface area contributed by atoms with Gasteiger partial charge in [-0.25, -0.2) is 9.69 Å². The van der Waals surface area contributed by atoms with E-state index in [0.29, 0.717) is 25.9 Å². The summed E-state index contributed by atoms with van der Waals surface area (Å²) in [6.45, 7) is 4.59. The molecule has 3 heterocycles. The first kappa shape index (κ1) is 24.8. The summed E-state index contributed by atoms with van der Waals surface area (Å²) >= 11 is 0. The van der Waals surface area contributed by atoms with Gasteiger partial charge in [-0.05, 0) is 32.3 Å². The van der Waals surface area contributed by atoms with Crippen molar-refractivity contribution in [2.75, 3.05) is 27.1 Å². The van der Waals surface area contributed by atoms with E-state index in [1.54, 1.807) is 13.2 Å². The Balaban J connectivity index is 1.40. The number of rotatable bonds is 9. The molecular formula is C25H33NO8. The number of amides is 2. The zero-order valence-corrected chi connectivity index (χ0v) is 19.9. The Morgan fingerprint density at radius 2 is 2.03 bits per heavy atom. The van der Waals surface area contributed by atoms with E-state index in [4.69, 9.17) is 28.4 Å². The molecule has 0 aromatic heterocycles. The number of imide groups is 1. The Bertz CT molecular complexity index is 873. The van der Waals surface area contributed by atoms with Crippen LogP contribution < -0.4 is 0 Å². The van der Waals surface area contributed by atoms with Crippen molar-refractivity contribution in [3.63, 3.8) is 0 Å². The number of fused-ring (bicyclic) bond motifs is 1. The maximum Gasteiger partial charge on any atom is 0.417 e. The van der Waals surface area contributed by atoms with Gasteiger partial charge in [-0.1, -0.05) is 36.4 Å². The lowest BCUT2D eigenvalue weighted by Gasteiger charge is -2.35. The van der Waals surface area contributed by atoms with E-state index in [2.05, 4.69) is 0 Å². The molecule has 4 rings (SSSR count). The fourth-order valence-electron chi connectivity index (χ4n) is 4.68. The fourth-order valence-corrected chi connectivity index (χ4v) is 4.68. The quantitative estimate of drug-likeness (QED) is 0.306. The summed E-state index contributed by atoms with van der Waals surface area (Å²) in [5, 5.41) is 0. The van der Waals surface area contributed by atoms with Gasteiger partial charge < -0.3 is 28.4 Å². The molecule has 3 aliphatic heterocycles. The van der Waals surface area contributed by atoms with Gasteiger partial charge in [-0.15, -0.1) is 0 Å². The molecule has 3 aliphatic rings. The Morgan fingerprint density at radius 1 is 1.24 bits per heavy atom. The van der Waals surface area contributed by atoms with Crippen LogP contribution in [0.3, 0.4) is 0 Å². The lowest BCUT2D eigenvalue weighted by atomic mass is 9.96. The molecule has 0 bridgehead atoms. The van der Waals surface area contributed by atoms with Gasteiger partial charge in [0.15, 0.2) is 5.79 Å². The van der Waals surface area contributed by atoms with Gasteiger partial charge in [-0.3, -0.25) is 4.79 Å². The van der Waals surface area contributed by atoms with Gasteiger partial charge >= 0.3 is 6.09 Å². The summed E-state index contributed by atoms with van der Waals surface area (Å²) in [7, 11) is 1.57. The summed E-state index contributed by atoms with van der Waals surface area (Å²) in [4.78, 5) is 26.4. The predicted molar refractivity (Wildman–Crippen MR) is 121 cm³/mol. The smallest absolute Gasteiger partial charge is 0.417 e. The summed E-state index contributed by atoms with van der Waals surface area (Å²) in [5.41, 5.74) is 1.04. The molecule has 0 unspecified atom stereocenters. The molecule has 0 radical (unpaired) electrons. The zero-order chi connectivity index (χ0) is 24.1. The average Bonchev–Trinajstić information content (AvgIpc) is 3.33. The number of ether oxygens (including phenoxy) is 6. The highest BCUT2D eigenvalue weighted by atomic mass is 16.8. The van der Waals surface area contributed by atoms with E-state index < -0.39 is 17.8 Å². The van der Waals surface area contributed by atoms with E-state index in [0.717, 1.165) is 5.56 Å². The van der Waals surface area contributed by atoms with Crippen LogP contribution in [0, 0.1) is 0 Å². The molecule has 3 fully saturated rings. The highest BCUT2D eigenvalue weighted by Gasteiger charge is 2.49. The maximum atomic E-state index is 12.9. The minimum Gasteiger partial charge on any atom is -0.447 e. The monoisotopic (exact) mass is 475 g/mol. The summed E-state index contributed by atoms with van der Waals surface area (Å²) < 4.78 is 33.9. The topological polar surface area (TPSA) is 92.8 Å². The number of benzene rings is 1. The number of carbonyl (C=O) groups is 2. The maximum absolute atomic E-state index is 12.9. The lowest BCUT2D eigenvalue weighted by molar-refractivity contribution is -0.159. The number of carbonyl (C=O) groups excluding carboxylic acids is 2. The average molecular weight is 476 g/mol. The van der Waals surface area contributed by atoms with Crippen molar-refractivity contribution < 1.29 is 38.0 Å². The van der Waals surface area contributed by atoms with Crippen LogP contribution in [0.4, 0.5) is 4.79 Å². The molecule has 34 heavy (non-hydrogen) atoms. The molecule has 2 amide bonds. The van der Waals surface area contributed by atoms with Gasteiger partial charge in [0.1, 0.15) is 19.5 Å². The Hall–Kier alpha value is -2.30. The van der Waals surface area contributed by atoms with Crippen LogP contribution in [0.15, 0.2) is 42.5 Å². The molecule has 1 aromatic carbocycles. The Labute approximate surface area is 199 Å². The molecule has 0 saturated carbocycles. The fraction of sp³-hybridized carbons (Fsp3) is 0.600. The lowest BCUT2D eigenvalue weighted by Crippen LogP contribution is -2.46. The molecule has 9 nitrogen and oxygen atoms in total. The minimum absolute atomic E-state index is 0.163. The molecule has 186 valence electrons. The van der Waals surface area contributed by atoms with Crippen LogP contribution in [0.2, 0.25) is 0 Å². The largest absolute Gasteiger partial charge is 0.447 e. The van der Waals surface area contributed by atoms with Gasteiger partial charge in [0.2, 0.25) is 0 Å². The minimum atomic E-state index is -0.706. The summed E-state index contributed by atoms with van der Waals surface area (Å²) in [6.07, 6.45) is 3.16. The Morgan fingerprint density at radius 3 is 2.79 bits per heavy atom. The summed E-state index contributed by atoms with van der Waals surface area (Å²) in [5.74, 6) is -1.12. The second-order valence-electron chi connectivity index (χ2n) is 9.18. The van der Waals surface area contributed by atoms with E-state index >= 15 is 0 Å². The highest BCUT2D eigenvalue weighted by Crippen LogP contribution is 2.38. The molecule has 3 saturated heterocycles. The molecule has 0 spiro atoms. The van der Waals surface area contributed by atoms with E-state index in [9.17, 15) is 9.59 Å². The van der Waals surface area contributed by atoms with Crippen molar-refractivity contribution in [3.05, 3.63) is 48.0 Å². The normalized spacial score (nSPS) is 30.5. The third kappa shape index (κ3) is 6.03. The van der Waals surface area contributed by atoms with Crippen LogP contribution in [0.25, 0.3) is 0 Å². The number of hydrogen-bond donors (Lipinski definition) is 0. The number of cyclic esters (lactones) is 1. The van der Waals surface area contributed by atoms with Gasteiger partial charge in [0.05, 0.1) is 31.0 Å². The molecular weight excluding hydrogens is 442 g/mol.